The monoisotopic (exact) mass is 656 g/mol. The molecule has 0 aliphatic heterocycles. The van der Waals surface area contributed by atoms with Gasteiger partial charge in [0.15, 0.2) is 5.11 Å². The van der Waals surface area contributed by atoms with Gasteiger partial charge < -0.3 is 20.1 Å². The number of imidazole rings is 1. The Labute approximate surface area is 262 Å². The molecule has 218 valence electrons. The van der Waals surface area contributed by atoms with Gasteiger partial charge in [0.05, 0.1) is 17.7 Å². The molecular formula is C32H29BrN6O3S. The van der Waals surface area contributed by atoms with Gasteiger partial charge >= 0.3 is 0 Å². The lowest BCUT2D eigenvalue weighted by atomic mass is 10.0. The molecule has 0 saturated carbocycles. The number of fused-ring (bicyclic) bond motifs is 1. The first-order chi connectivity index (χ1) is 20.9. The van der Waals surface area contributed by atoms with Crippen LogP contribution in [-0.2, 0) is 24.3 Å². The van der Waals surface area contributed by atoms with E-state index in [0.717, 1.165) is 37.8 Å². The van der Waals surface area contributed by atoms with E-state index in [4.69, 9.17) is 12.2 Å². The molecule has 0 aliphatic rings. The number of nitrogens with one attached hydrogen (secondary N) is 2. The Hall–Kier alpha value is -4.61. The molecule has 11 heteroatoms. The zero-order valence-electron chi connectivity index (χ0n) is 23.2. The Balaban J connectivity index is 1.23. The first kappa shape index (κ1) is 29.9. The maximum absolute atomic E-state index is 12.9. The van der Waals surface area contributed by atoms with E-state index >= 15 is 0 Å². The number of thiocarbonyl (C=S) groups is 1. The molecular weight excluding hydrogens is 628 g/mol. The first-order valence-corrected chi connectivity index (χ1v) is 14.8. The smallest absolute Gasteiger partial charge is 0.269 e. The summed E-state index contributed by atoms with van der Waals surface area (Å²) in [5, 5.41) is 20.2. The summed E-state index contributed by atoms with van der Waals surface area (Å²) in [5.74, 6) is -0.138. The number of hydrogen-bond acceptors (Lipinski definition) is 5. The Morgan fingerprint density at radius 2 is 1.79 bits per heavy atom. The van der Waals surface area contributed by atoms with Gasteiger partial charge in [-0.25, -0.2) is 4.98 Å². The highest BCUT2D eigenvalue weighted by molar-refractivity contribution is 9.10. The van der Waals surface area contributed by atoms with Gasteiger partial charge in [-0.05, 0) is 52.3 Å². The number of amides is 1. The summed E-state index contributed by atoms with van der Waals surface area (Å²) in [6.45, 7) is 1.91. The summed E-state index contributed by atoms with van der Waals surface area (Å²) in [4.78, 5) is 29.7. The molecule has 2 N–H and O–H groups in total. The largest absolute Gasteiger partial charge is 0.354 e. The fourth-order valence-electron chi connectivity index (χ4n) is 4.77. The van der Waals surface area contributed by atoms with Crippen LogP contribution in [0, 0.1) is 10.1 Å². The molecule has 0 atom stereocenters. The van der Waals surface area contributed by atoms with Crippen molar-refractivity contribution in [3.05, 3.63) is 135 Å². The van der Waals surface area contributed by atoms with Crippen molar-refractivity contribution in [3.63, 3.8) is 0 Å². The number of benzene rings is 4. The van der Waals surface area contributed by atoms with Crippen LogP contribution in [0.1, 0.15) is 16.8 Å². The van der Waals surface area contributed by atoms with Gasteiger partial charge in [-0.1, -0.05) is 76.6 Å². The number of nitrogens with zero attached hydrogens (tertiary/aromatic N) is 4. The van der Waals surface area contributed by atoms with Crippen molar-refractivity contribution in [2.24, 2.45) is 0 Å². The molecule has 9 nitrogen and oxygen atoms in total. The Morgan fingerprint density at radius 3 is 2.58 bits per heavy atom. The second-order valence-electron chi connectivity index (χ2n) is 9.96. The first-order valence-electron chi connectivity index (χ1n) is 13.6. The molecule has 0 spiro atoms. The summed E-state index contributed by atoms with van der Waals surface area (Å²) in [6, 6.07) is 28.6. The SMILES string of the molecule is O=C(Cc1cncn1Cc1ccc([N+](=O)[O-])cc1)NCCN(Cc1cccc2ccccc12)C(=S)Nc1cccc(Br)c1. The summed E-state index contributed by atoms with van der Waals surface area (Å²) < 4.78 is 2.81. The second kappa shape index (κ2) is 14.0. The van der Waals surface area contributed by atoms with Gasteiger partial charge in [-0.2, -0.15) is 0 Å². The van der Waals surface area contributed by atoms with E-state index < -0.39 is 4.92 Å². The van der Waals surface area contributed by atoms with Crippen LogP contribution in [-0.4, -0.2) is 43.5 Å². The molecule has 43 heavy (non-hydrogen) atoms. The molecule has 1 aromatic heterocycles. The van der Waals surface area contributed by atoms with Crippen LogP contribution in [0.3, 0.4) is 0 Å². The number of aromatic nitrogens is 2. The lowest BCUT2D eigenvalue weighted by molar-refractivity contribution is -0.384. The fourth-order valence-corrected chi connectivity index (χ4v) is 5.44. The summed E-state index contributed by atoms with van der Waals surface area (Å²) in [7, 11) is 0. The van der Waals surface area contributed by atoms with Gasteiger partial charge in [0, 0.05) is 60.4 Å². The third kappa shape index (κ3) is 8.02. The zero-order valence-corrected chi connectivity index (χ0v) is 25.6. The highest BCUT2D eigenvalue weighted by Gasteiger charge is 2.15. The van der Waals surface area contributed by atoms with Crippen molar-refractivity contribution >= 4 is 61.3 Å². The Morgan fingerprint density at radius 1 is 1.02 bits per heavy atom. The van der Waals surface area contributed by atoms with Crippen molar-refractivity contribution in [1.29, 1.82) is 0 Å². The summed E-state index contributed by atoms with van der Waals surface area (Å²) >= 11 is 9.34. The van der Waals surface area contributed by atoms with E-state index in [1.54, 1.807) is 24.7 Å². The van der Waals surface area contributed by atoms with Gasteiger partial charge in [0.2, 0.25) is 5.91 Å². The number of non-ortho nitro benzene ring substituents is 1. The second-order valence-corrected chi connectivity index (χ2v) is 11.3. The van der Waals surface area contributed by atoms with Crippen LogP contribution in [0.2, 0.25) is 0 Å². The molecule has 0 bridgehead atoms. The molecule has 0 saturated heterocycles. The summed E-state index contributed by atoms with van der Waals surface area (Å²) in [5.41, 5.74) is 3.66. The van der Waals surface area contributed by atoms with E-state index in [1.807, 2.05) is 47.0 Å². The molecule has 0 radical (unpaired) electrons. The number of carbonyl (C=O) groups excluding carboxylic acids is 1. The maximum atomic E-state index is 12.9. The van der Waals surface area contributed by atoms with Gasteiger partial charge in [-0.3, -0.25) is 14.9 Å². The number of rotatable bonds is 11. The van der Waals surface area contributed by atoms with E-state index in [2.05, 4.69) is 60.7 Å². The number of carbonyl (C=O) groups is 1. The van der Waals surface area contributed by atoms with E-state index in [9.17, 15) is 14.9 Å². The molecule has 4 aromatic carbocycles. The van der Waals surface area contributed by atoms with Crippen LogP contribution in [0.25, 0.3) is 10.8 Å². The number of nitro groups is 1. The molecule has 1 amide bonds. The fraction of sp³-hybridized carbons (Fsp3) is 0.156. The number of hydrogen-bond donors (Lipinski definition) is 2. The molecule has 5 aromatic rings. The van der Waals surface area contributed by atoms with E-state index in [1.165, 1.54) is 12.1 Å². The third-order valence-corrected chi connectivity index (χ3v) is 7.80. The predicted octanol–water partition coefficient (Wildman–Crippen LogP) is 6.31. The number of halogens is 1. The molecule has 0 fully saturated rings. The number of anilines is 1. The van der Waals surface area contributed by atoms with Gasteiger partial charge in [0.1, 0.15) is 0 Å². The standard InChI is InChI=1S/C32H29BrN6O3S/c33-26-8-4-9-27(17-26)36-32(43)37(21-25-7-3-6-24-5-1-2-10-30(24)25)16-15-35-31(40)18-29-19-34-22-38(29)20-23-11-13-28(14-12-23)39(41)42/h1-14,17,19,22H,15-16,18,20-21H2,(H,35,40)(H,36,43). The van der Waals surface area contributed by atoms with Crippen molar-refractivity contribution in [2.75, 3.05) is 18.4 Å². The Bertz CT molecular complexity index is 1750. The zero-order chi connectivity index (χ0) is 30.2. The van der Waals surface area contributed by atoms with Crippen LogP contribution in [0.15, 0.2) is 108 Å². The average Bonchev–Trinajstić information content (AvgIpc) is 3.43. The topological polar surface area (TPSA) is 105 Å². The quantitative estimate of drug-likeness (QED) is 0.0975. The normalized spacial score (nSPS) is 10.8. The molecule has 0 unspecified atom stereocenters. The van der Waals surface area contributed by atoms with E-state index in [0.29, 0.717) is 31.3 Å². The van der Waals surface area contributed by atoms with Gasteiger partial charge in [-0.15, -0.1) is 0 Å². The maximum Gasteiger partial charge on any atom is 0.269 e. The predicted molar refractivity (Wildman–Crippen MR) is 176 cm³/mol. The summed E-state index contributed by atoms with van der Waals surface area (Å²) in [6.07, 6.45) is 3.47. The van der Waals surface area contributed by atoms with Crippen molar-refractivity contribution in [3.8, 4) is 0 Å². The molecule has 1 heterocycles. The van der Waals surface area contributed by atoms with Crippen molar-refractivity contribution in [2.45, 2.75) is 19.5 Å². The minimum absolute atomic E-state index is 0.0368. The average molecular weight is 658 g/mol. The highest BCUT2D eigenvalue weighted by Crippen LogP contribution is 2.21. The van der Waals surface area contributed by atoms with Crippen molar-refractivity contribution in [1.82, 2.24) is 19.8 Å². The number of nitro benzene ring substituents is 1. The van der Waals surface area contributed by atoms with Gasteiger partial charge in [0.25, 0.3) is 5.69 Å². The molecule has 0 aliphatic carbocycles. The third-order valence-electron chi connectivity index (χ3n) is 6.95. The lowest BCUT2D eigenvalue weighted by Gasteiger charge is -2.27. The van der Waals surface area contributed by atoms with Crippen LogP contribution in [0.4, 0.5) is 11.4 Å². The van der Waals surface area contributed by atoms with E-state index in [-0.39, 0.29) is 18.0 Å². The Kier molecular flexibility index (Phi) is 9.75. The highest BCUT2D eigenvalue weighted by atomic mass is 79.9. The van der Waals surface area contributed by atoms with Crippen LogP contribution in [0.5, 0.6) is 0 Å². The minimum Gasteiger partial charge on any atom is -0.354 e. The van der Waals surface area contributed by atoms with Crippen LogP contribution >= 0.6 is 28.1 Å². The van der Waals surface area contributed by atoms with Crippen LogP contribution < -0.4 is 10.6 Å². The van der Waals surface area contributed by atoms with Crippen molar-refractivity contribution < 1.29 is 9.72 Å². The minimum atomic E-state index is -0.427. The molecule has 5 rings (SSSR count). The lowest BCUT2D eigenvalue weighted by Crippen LogP contribution is -2.40.